The van der Waals surface area contributed by atoms with Crippen LogP contribution in [0.25, 0.3) is 11.3 Å². The molecule has 21 heavy (non-hydrogen) atoms. The number of pyridine rings is 1. The van der Waals surface area contributed by atoms with Crippen LogP contribution in [0.15, 0.2) is 36.5 Å². The molecule has 2 heteroatoms. The summed E-state index contributed by atoms with van der Waals surface area (Å²) in [5.74, 6) is 0.583. The Hall–Kier alpha value is -1.41. The molecule has 0 amide bonds. The lowest BCUT2D eigenvalue weighted by Crippen LogP contribution is -2.42. The summed E-state index contributed by atoms with van der Waals surface area (Å²) in [5.41, 5.74) is 5.45. The quantitative estimate of drug-likeness (QED) is 0.592. The van der Waals surface area contributed by atoms with Crippen molar-refractivity contribution in [2.24, 2.45) is 7.05 Å². The van der Waals surface area contributed by atoms with Crippen LogP contribution >= 0.6 is 0 Å². The Kier molecular flexibility index (Phi) is 4.38. The Balaban J connectivity index is 2.56. The monoisotopic (exact) mass is 298 g/mol. The van der Waals surface area contributed by atoms with E-state index in [-0.39, 0.29) is 0 Å². The highest BCUT2D eigenvalue weighted by Gasteiger charge is 2.21. The molecule has 0 unspecified atom stereocenters. The van der Waals surface area contributed by atoms with Crippen LogP contribution in [0, 0.1) is 6.92 Å². The second-order valence-electron chi connectivity index (χ2n) is 7.39. The van der Waals surface area contributed by atoms with Gasteiger partial charge in [-0.25, -0.2) is 4.57 Å². The summed E-state index contributed by atoms with van der Waals surface area (Å²) in [6.45, 7) is 13.9. The fourth-order valence-corrected chi connectivity index (χ4v) is 3.78. The van der Waals surface area contributed by atoms with E-state index >= 15 is 0 Å². The summed E-state index contributed by atoms with van der Waals surface area (Å²) in [6, 6.07) is 11.6. The summed E-state index contributed by atoms with van der Waals surface area (Å²) in [6.07, 6.45) is 2.21. The Morgan fingerprint density at radius 2 is 1.67 bits per heavy atom. The van der Waals surface area contributed by atoms with Crippen LogP contribution in [-0.4, -0.2) is 8.07 Å². The minimum Gasteiger partial charge on any atom is -0.201 e. The summed E-state index contributed by atoms with van der Waals surface area (Å²) in [4.78, 5) is 0. The van der Waals surface area contributed by atoms with Crippen molar-refractivity contribution < 1.29 is 4.57 Å². The maximum atomic E-state index is 2.40. The van der Waals surface area contributed by atoms with E-state index in [0.717, 1.165) is 0 Å². The van der Waals surface area contributed by atoms with Crippen molar-refractivity contribution in [3.63, 3.8) is 0 Å². The average Bonchev–Trinajstić information content (AvgIpc) is 2.38. The smallest absolute Gasteiger partial charge is 0.201 e. The van der Waals surface area contributed by atoms with Crippen molar-refractivity contribution >= 4 is 13.3 Å². The molecule has 0 fully saturated rings. The first-order chi connectivity index (χ1) is 9.70. The number of hydrogen-bond donors (Lipinski definition) is 0. The first kappa shape index (κ1) is 16.0. The average molecular weight is 299 g/mol. The summed E-state index contributed by atoms with van der Waals surface area (Å²) in [5, 5.41) is 1.52. The summed E-state index contributed by atoms with van der Waals surface area (Å²) >= 11 is 0. The third kappa shape index (κ3) is 3.43. The molecule has 0 saturated carbocycles. The van der Waals surface area contributed by atoms with Crippen molar-refractivity contribution in [2.45, 2.75) is 46.3 Å². The molecule has 0 aliphatic heterocycles. The summed E-state index contributed by atoms with van der Waals surface area (Å²) in [7, 11) is 0.858. The van der Waals surface area contributed by atoms with E-state index in [2.05, 4.69) is 88.6 Å². The zero-order valence-electron chi connectivity index (χ0n) is 14.5. The first-order valence-electron chi connectivity index (χ1n) is 7.81. The topological polar surface area (TPSA) is 3.88 Å². The number of rotatable bonds is 3. The Morgan fingerprint density at radius 1 is 1.00 bits per heavy atom. The lowest BCUT2D eigenvalue weighted by Gasteiger charge is -2.17. The van der Waals surface area contributed by atoms with Gasteiger partial charge >= 0.3 is 0 Å². The van der Waals surface area contributed by atoms with Gasteiger partial charge in [0.1, 0.15) is 7.05 Å². The molecule has 0 aliphatic rings. The van der Waals surface area contributed by atoms with Crippen LogP contribution in [0.4, 0.5) is 0 Å². The van der Waals surface area contributed by atoms with Gasteiger partial charge in [-0.3, -0.25) is 0 Å². The zero-order chi connectivity index (χ0) is 15.8. The third-order valence-electron chi connectivity index (χ3n) is 4.21. The largest absolute Gasteiger partial charge is 0.212 e. The van der Waals surface area contributed by atoms with Gasteiger partial charge < -0.3 is 0 Å². The van der Waals surface area contributed by atoms with E-state index in [4.69, 9.17) is 0 Å². The number of aryl methyl sites for hydroxylation is 2. The highest BCUT2D eigenvalue weighted by Crippen LogP contribution is 2.24. The lowest BCUT2D eigenvalue weighted by molar-refractivity contribution is -0.660. The molecule has 0 radical (unpaired) electrons. The van der Waals surface area contributed by atoms with Crippen LogP contribution in [0.2, 0.25) is 19.6 Å². The van der Waals surface area contributed by atoms with E-state index in [1.807, 2.05) is 0 Å². The van der Waals surface area contributed by atoms with Crippen molar-refractivity contribution in [2.75, 3.05) is 0 Å². The Labute approximate surface area is 130 Å². The van der Waals surface area contributed by atoms with Crippen LogP contribution in [0.1, 0.15) is 30.9 Å². The highest BCUT2D eigenvalue weighted by molar-refractivity contribution is 6.88. The molecular weight excluding hydrogens is 270 g/mol. The molecule has 0 saturated heterocycles. The second-order valence-corrected chi connectivity index (χ2v) is 12.5. The molecule has 0 N–H and O–H groups in total. The third-order valence-corrected chi connectivity index (χ3v) is 6.25. The van der Waals surface area contributed by atoms with Crippen LogP contribution in [-0.2, 0) is 7.05 Å². The SMILES string of the molecule is Cc1cc(C(C)C)ccc1-c1cc([Si](C)(C)C)cc[n+]1C. The molecular formula is C19H28NSi+. The zero-order valence-corrected chi connectivity index (χ0v) is 15.5. The molecule has 0 aliphatic carbocycles. The van der Waals surface area contributed by atoms with Gasteiger partial charge in [0, 0.05) is 17.7 Å². The highest BCUT2D eigenvalue weighted by atomic mass is 28.3. The first-order valence-corrected chi connectivity index (χ1v) is 11.3. The van der Waals surface area contributed by atoms with Crippen molar-refractivity contribution in [3.8, 4) is 11.3 Å². The predicted molar refractivity (Wildman–Crippen MR) is 94.9 cm³/mol. The number of benzene rings is 1. The van der Waals surface area contributed by atoms with E-state index < -0.39 is 8.07 Å². The predicted octanol–water partition coefficient (Wildman–Crippen LogP) is 4.16. The minimum atomic E-state index is -1.28. The Morgan fingerprint density at radius 3 is 2.19 bits per heavy atom. The van der Waals surface area contributed by atoms with Gasteiger partial charge in [-0.2, -0.15) is 0 Å². The van der Waals surface area contributed by atoms with E-state index in [1.165, 1.54) is 27.6 Å². The van der Waals surface area contributed by atoms with Crippen LogP contribution in [0.5, 0.6) is 0 Å². The van der Waals surface area contributed by atoms with Gasteiger partial charge in [0.05, 0.1) is 8.07 Å². The molecule has 2 rings (SSSR count). The molecule has 112 valence electrons. The molecule has 0 bridgehead atoms. The molecule has 2 aromatic rings. The molecule has 1 aromatic heterocycles. The van der Waals surface area contributed by atoms with E-state index in [9.17, 15) is 0 Å². The maximum absolute atomic E-state index is 2.40. The van der Waals surface area contributed by atoms with Crippen molar-refractivity contribution in [1.29, 1.82) is 0 Å². The van der Waals surface area contributed by atoms with Crippen LogP contribution < -0.4 is 9.75 Å². The van der Waals surface area contributed by atoms with Gasteiger partial charge in [-0.1, -0.05) is 45.6 Å². The number of hydrogen-bond acceptors (Lipinski definition) is 0. The van der Waals surface area contributed by atoms with Crippen molar-refractivity contribution in [3.05, 3.63) is 47.7 Å². The molecule has 1 nitrogen and oxygen atoms in total. The van der Waals surface area contributed by atoms with Gasteiger partial charge in [-0.05, 0) is 35.2 Å². The molecule has 0 spiro atoms. The van der Waals surface area contributed by atoms with Gasteiger partial charge in [0.2, 0.25) is 5.69 Å². The number of aromatic nitrogens is 1. The fourth-order valence-electron chi connectivity index (χ4n) is 2.64. The Bertz CT molecular complexity index is 651. The van der Waals surface area contributed by atoms with Crippen LogP contribution in [0.3, 0.4) is 0 Å². The molecule has 1 aromatic carbocycles. The van der Waals surface area contributed by atoms with Gasteiger partial charge in [0.15, 0.2) is 6.20 Å². The molecule has 0 atom stereocenters. The minimum absolute atomic E-state index is 0.583. The maximum Gasteiger partial charge on any atom is 0.212 e. The second kappa shape index (κ2) is 5.76. The van der Waals surface area contributed by atoms with Crippen molar-refractivity contribution in [1.82, 2.24) is 0 Å². The fraction of sp³-hybridized carbons (Fsp3) is 0.421. The summed E-state index contributed by atoms with van der Waals surface area (Å²) < 4.78 is 2.24. The normalized spacial score (nSPS) is 12.0. The van der Waals surface area contributed by atoms with E-state index in [0.29, 0.717) is 5.92 Å². The lowest BCUT2D eigenvalue weighted by atomic mass is 9.96. The number of nitrogens with zero attached hydrogens (tertiary/aromatic N) is 1. The van der Waals surface area contributed by atoms with Gasteiger partial charge in [0.25, 0.3) is 0 Å². The standard InChI is InChI=1S/C19H28NSi/c1-14(2)16-8-9-18(15(3)12-16)19-13-17(21(5,6)7)10-11-20(19)4/h8-14H,1-7H3/q+1. The van der Waals surface area contributed by atoms with E-state index in [1.54, 1.807) is 0 Å². The van der Waals surface area contributed by atoms with Gasteiger partial charge in [-0.15, -0.1) is 0 Å². The molecule has 1 heterocycles.